The summed E-state index contributed by atoms with van der Waals surface area (Å²) in [6, 6.07) is 6.68. The van der Waals surface area contributed by atoms with Gasteiger partial charge in [0.1, 0.15) is 6.04 Å². The SMILES string of the molecule is CCC(C)CC(=O)N1c2ccccc2C[C@H]1C(=O)O. The Labute approximate surface area is 113 Å². The normalized spacial score (nSPS) is 19.1. The van der Waals surface area contributed by atoms with Gasteiger partial charge in [-0.15, -0.1) is 0 Å². The summed E-state index contributed by atoms with van der Waals surface area (Å²) >= 11 is 0. The Morgan fingerprint density at radius 1 is 1.42 bits per heavy atom. The molecule has 0 saturated heterocycles. The number of carbonyl (C=O) groups is 2. The Hall–Kier alpha value is -1.84. The van der Waals surface area contributed by atoms with Crippen LogP contribution in [0.25, 0.3) is 0 Å². The number of nitrogens with zero attached hydrogens (tertiary/aromatic N) is 1. The third kappa shape index (κ3) is 2.62. The van der Waals surface area contributed by atoms with Gasteiger partial charge in [-0.25, -0.2) is 4.79 Å². The fourth-order valence-corrected chi connectivity index (χ4v) is 2.43. The summed E-state index contributed by atoms with van der Waals surface area (Å²) in [6.07, 6.45) is 1.71. The minimum Gasteiger partial charge on any atom is -0.480 e. The first-order valence-electron chi connectivity index (χ1n) is 6.67. The molecule has 0 bridgehead atoms. The molecule has 0 aromatic heterocycles. The second-order valence-electron chi connectivity index (χ2n) is 5.17. The molecule has 1 aliphatic heterocycles. The number of aliphatic carboxylic acids is 1. The molecule has 1 unspecified atom stereocenters. The molecule has 0 saturated carbocycles. The fourth-order valence-electron chi connectivity index (χ4n) is 2.43. The highest BCUT2D eigenvalue weighted by molar-refractivity contribution is 6.01. The van der Waals surface area contributed by atoms with Gasteiger partial charge in [-0.1, -0.05) is 38.5 Å². The molecule has 1 aliphatic rings. The van der Waals surface area contributed by atoms with Gasteiger partial charge in [0.05, 0.1) is 0 Å². The molecule has 102 valence electrons. The van der Waals surface area contributed by atoms with Crippen LogP contribution in [0.15, 0.2) is 24.3 Å². The lowest BCUT2D eigenvalue weighted by Crippen LogP contribution is -2.43. The van der Waals surface area contributed by atoms with Crippen LogP contribution in [-0.4, -0.2) is 23.0 Å². The lowest BCUT2D eigenvalue weighted by molar-refractivity contribution is -0.140. The maximum absolute atomic E-state index is 12.4. The first-order valence-corrected chi connectivity index (χ1v) is 6.67. The topological polar surface area (TPSA) is 57.6 Å². The molecular weight excluding hydrogens is 242 g/mol. The molecule has 0 aliphatic carbocycles. The van der Waals surface area contributed by atoms with Crippen molar-refractivity contribution in [2.75, 3.05) is 4.90 Å². The number of rotatable bonds is 4. The first kappa shape index (κ1) is 13.6. The molecule has 1 heterocycles. The van der Waals surface area contributed by atoms with Crippen molar-refractivity contribution in [1.29, 1.82) is 0 Å². The average Bonchev–Trinajstić information content (AvgIpc) is 2.78. The van der Waals surface area contributed by atoms with E-state index >= 15 is 0 Å². The van der Waals surface area contributed by atoms with E-state index in [0.717, 1.165) is 17.7 Å². The molecular formula is C15H19NO3. The summed E-state index contributed by atoms with van der Waals surface area (Å²) in [5.41, 5.74) is 1.69. The number of fused-ring (bicyclic) bond motifs is 1. The minimum atomic E-state index is -0.936. The van der Waals surface area contributed by atoms with Crippen LogP contribution < -0.4 is 4.90 Å². The van der Waals surface area contributed by atoms with E-state index in [4.69, 9.17) is 0 Å². The van der Waals surface area contributed by atoms with Gasteiger partial charge in [0.25, 0.3) is 0 Å². The maximum Gasteiger partial charge on any atom is 0.327 e. The monoisotopic (exact) mass is 261 g/mol. The molecule has 1 amide bonds. The number of hydrogen-bond acceptors (Lipinski definition) is 2. The van der Waals surface area contributed by atoms with Crippen LogP contribution in [-0.2, 0) is 16.0 Å². The second-order valence-corrected chi connectivity index (χ2v) is 5.17. The van der Waals surface area contributed by atoms with Crippen molar-refractivity contribution in [3.8, 4) is 0 Å². The molecule has 1 aromatic carbocycles. The molecule has 0 fully saturated rings. The van der Waals surface area contributed by atoms with Gasteiger partial charge in [0.15, 0.2) is 0 Å². The molecule has 1 N–H and O–H groups in total. The molecule has 4 nitrogen and oxygen atoms in total. The summed E-state index contributed by atoms with van der Waals surface area (Å²) in [6.45, 7) is 4.04. The Balaban J connectivity index is 2.29. The molecule has 19 heavy (non-hydrogen) atoms. The van der Waals surface area contributed by atoms with Gasteiger partial charge in [-0.2, -0.15) is 0 Å². The van der Waals surface area contributed by atoms with Crippen molar-refractivity contribution in [3.05, 3.63) is 29.8 Å². The summed E-state index contributed by atoms with van der Waals surface area (Å²) in [7, 11) is 0. The van der Waals surface area contributed by atoms with Crippen LogP contribution in [0.5, 0.6) is 0 Å². The first-order chi connectivity index (χ1) is 9.04. The van der Waals surface area contributed by atoms with Crippen LogP contribution in [0.3, 0.4) is 0 Å². The number of carboxylic acid groups (broad SMARTS) is 1. The van der Waals surface area contributed by atoms with Crippen molar-refractivity contribution in [2.45, 2.75) is 39.2 Å². The predicted molar refractivity (Wildman–Crippen MR) is 73.1 cm³/mol. The third-order valence-corrected chi connectivity index (χ3v) is 3.75. The van der Waals surface area contributed by atoms with Gasteiger partial charge < -0.3 is 5.11 Å². The highest BCUT2D eigenvalue weighted by atomic mass is 16.4. The molecule has 0 radical (unpaired) electrons. The van der Waals surface area contributed by atoms with E-state index in [0.29, 0.717) is 12.8 Å². The van der Waals surface area contributed by atoms with E-state index in [1.807, 2.05) is 38.1 Å². The zero-order chi connectivity index (χ0) is 14.0. The fraction of sp³-hybridized carbons (Fsp3) is 0.467. The van der Waals surface area contributed by atoms with Gasteiger partial charge in [0.2, 0.25) is 5.91 Å². The highest BCUT2D eigenvalue weighted by Gasteiger charge is 2.38. The molecule has 0 spiro atoms. The van der Waals surface area contributed by atoms with Crippen molar-refractivity contribution in [2.24, 2.45) is 5.92 Å². The number of amides is 1. The van der Waals surface area contributed by atoms with E-state index < -0.39 is 12.0 Å². The molecule has 2 rings (SSSR count). The van der Waals surface area contributed by atoms with Gasteiger partial charge in [-0.05, 0) is 17.5 Å². The number of carboxylic acids is 1. The minimum absolute atomic E-state index is 0.0910. The van der Waals surface area contributed by atoms with Gasteiger partial charge in [0, 0.05) is 18.5 Å². The van der Waals surface area contributed by atoms with Crippen LogP contribution in [0.1, 0.15) is 32.3 Å². The van der Waals surface area contributed by atoms with E-state index in [1.165, 1.54) is 4.90 Å². The summed E-state index contributed by atoms with van der Waals surface area (Å²) < 4.78 is 0. The maximum atomic E-state index is 12.4. The van der Waals surface area contributed by atoms with Gasteiger partial charge >= 0.3 is 5.97 Å². The van der Waals surface area contributed by atoms with E-state index in [2.05, 4.69) is 0 Å². The van der Waals surface area contributed by atoms with Crippen LogP contribution in [0.4, 0.5) is 5.69 Å². The number of benzene rings is 1. The Kier molecular flexibility index (Phi) is 3.88. The van der Waals surface area contributed by atoms with E-state index in [1.54, 1.807) is 0 Å². The standard InChI is InChI=1S/C15H19NO3/c1-3-10(2)8-14(17)16-12-7-5-4-6-11(12)9-13(16)15(18)19/h4-7,10,13H,3,8-9H2,1-2H3,(H,18,19)/t10?,13-/m0/s1. The molecule has 2 atom stereocenters. The Morgan fingerprint density at radius 3 is 2.74 bits per heavy atom. The van der Waals surface area contributed by atoms with Crippen LogP contribution in [0, 0.1) is 5.92 Å². The van der Waals surface area contributed by atoms with Crippen LogP contribution >= 0.6 is 0 Å². The van der Waals surface area contributed by atoms with Crippen molar-refractivity contribution in [1.82, 2.24) is 0 Å². The number of hydrogen-bond donors (Lipinski definition) is 1. The van der Waals surface area contributed by atoms with Crippen molar-refractivity contribution >= 4 is 17.6 Å². The number of para-hydroxylation sites is 1. The second kappa shape index (κ2) is 5.43. The summed E-state index contributed by atoms with van der Waals surface area (Å²) in [4.78, 5) is 25.2. The Morgan fingerprint density at radius 2 is 2.11 bits per heavy atom. The average molecular weight is 261 g/mol. The van der Waals surface area contributed by atoms with Crippen LogP contribution in [0.2, 0.25) is 0 Å². The summed E-state index contributed by atoms with van der Waals surface area (Å²) in [5, 5.41) is 9.30. The third-order valence-electron chi connectivity index (χ3n) is 3.75. The zero-order valence-electron chi connectivity index (χ0n) is 11.3. The molecule has 1 aromatic rings. The highest BCUT2D eigenvalue weighted by Crippen LogP contribution is 2.33. The van der Waals surface area contributed by atoms with Gasteiger partial charge in [-0.3, -0.25) is 9.69 Å². The summed E-state index contributed by atoms with van der Waals surface area (Å²) in [5.74, 6) is -0.755. The smallest absolute Gasteiger partial charge is 0.327 e. The van der Waals surface area contributed by atoms with Crippen molar-refractivity contribution in [3.63, 3.8) is 0 Å². The quantitative estimate of drug-likeness (QED) is 0.905. The number of anilines is 1. The van der Waals surface area contributed by atoms with E-state index in [9.17, 15) is 14.7 Å². The lowest BCUT2D eigenvalue weighted by Gasteiger charge is -2.24. The van der Waals surface area contributed by atoms with Crippen molar-refractivity contribution < 1.29 is 14.7 Å². The zero-order valence-corrected chi connectivity index (χ0v) is 11.3. The lowest BCUT2D eigenvalue weighted by atomic mass is 10.0. The predicted octanol–water partition coefficient (Wildman–Crippen LogP) is 2.47. The largest absolute Gasteiger partial charge is 0.480 e. The van der Waals surface area contributed by atoms with E-state index in [-0.39, 0.29) is 11.8 Å². The number of carbonyl (C=O) groups excluding carboxylic acids is 1. The molecule has 4 heteroatoms. The Bertz CT molecular complexity index is 498.